The Morgan fingerprint density at radius 2 is 1.66 bits per heavy atom. The van der Waals surface area contributed by atoms with Gasteiger partial charge in [-0.3, -0.25) is 4.79 Å². The zero-order valence-corrected chi connectivity index (χ0v) is 16.7. The van der Waals surface area contributed by atoms with Gasteiger partial charge in [-0.15, -0.1) is 0 Å². The zero-order chi connectivity index (χ0) is 20.4. The van der Waals surface area contributed by atoms with Crippen molar-refractivity contribution in [2.45, 2.75) is 20.3 Å². The van der Waals surface area contributed by atoms with Gasteiger partial charge in [-0.1, -0.05) is 17.7 Å². The highest BCUT2D eigenvalue weighted by atomic mass is 19.1. The molecule has 0 spiro atoms. The third-order valence-corrected chi connectivity index (χ3v) is 5.33. The summed E-state index contributed by atoms with van der Waals surface area (Å²) in [7, 11) is 0. The summed E-state index contributed by atoms with van der Waals surface area (Å²) in [6.45, 7) is 6.60. The number of anilines is 1. The van der Waals surface area contributed by atoms with Crippen molar-refractivity contribution in [1.29, 1.82) is 0 Å². The van der Waals surface area contributed by atoms with Gasteiger partial charge in [0.15, 0.2) is 0 Å². The maximum Gasteiger partial charge on any atom is 0.228 e. The summed E-state index contributed by atoms with van der Waals surface area (Å²) in [5.74, 6) is 1.04. The summed E-state index contributed by atoms with van der Waals surface area (Å²) in [6, 6.07) is 14.5. The third kappa shape index (κ3) is 4.31. The minimum absolute atomic E-state index is 0.0515. The molecule has 0 radical (unpaired) electrons. The van der Waals surface area contributed by atoms with Crippen molar-refractivity contribution in [1.82, 2.24) is 9.88 Å². The van der Waals surface area contributed by atoms with E-state index >= 15 is 0 Å². The van der Waals surface area contributed by atoms with Gasteiger partial charge in [0.2, 0.25) is 11.8 Å². The van der Waals surface area contributed by atoms with E-state index in [1.807, 2.05) is 43.0 Å². The number of nitrogens with zero attached hydrogens (tertiary/aromatic N) is 3. The van der Waals surface area contributed by atoms with E-state index in [2.05, 4.69) is 9.88 Å². The van der Waals surface area contributed by atoms with Gasteiger partial charge in [-0.05, 0) is 50.2 Å². The van der Waals surface area contributed by atoms with Crippen molar-refractivity contribution >= 4 is 11.6 Å². The van der Waals surface area contributed by atoms with E-state index in [0.29, 0.717) is 30.4 Å². The Morgan fingerprint density at radius 3 is 2.31 bits per heavy atom. The summed E-state index contributed by atoms with van der Waals surface area (Å²) in [5, 5.41) is 0. The van der Waals surface area contributed by atoms with Gasteiger partial charge >= 0.3 is 0 Å². The van der Waals surface area contributed by atoms with Crippen LogP contribution in [0.15, 0.2) is 52.9 Å². The number of halogens is 1. The molecule has 1 amide bonds. The Balaban J connectivity index is 1.37. The van der Waals surface area contributed by atoms with E-state index < -0.39 is 0 Å². The quantitative estimate of drug-likeness (QED) is 0.673. The predicted molar refractivity (Wildman–Crippen MR) is 110 cm³/mol. The average Bonchev–Trinajstić information content (AvgIpc) is 3.09. The van der Waals surface area contributed by atoms with E-state index in [9.17, 15) is 9.18 Å². The lowest BCUT2D eigenvalue weighted by atomic mass is 10.1. The van der Waals surface area contributed by atoms with Gasteiger partial charge in [-0.25, -0.2) is 9.37 Å². The van der Waals surface area contributed by atoms with Gasteiger partial charge in [0, 0.05) is 37.4 Å². The molecular formula is C23H24FN3O2. The standard InChI is InChI=1S/C23H24FN3O2/c1-16-3-5-18(6-4-16)23-25-21(17(2)29-23)15-22(28)27-13-11-26(12-14-27)20-9-7-19(24)8-10-20/h3-10H,11-15H2,1-2H3. The molecule has 0 unspecified atom stereocenters. The molecule has 0 bridgehead atoms. The number of piperazine rings is 1. The Morgan fingerprint density at radius 1 is 1.00 bits per heavy atom. The van der Waals surface area contributed by atoms with Crippen molar-refractivity contribution in [3.63, 3.8) is 0 Å². The molecule has 29 heavy (non-hydrogen) atoms. The van der Waals surface area contributed by atoms with Crippen molar-refractivity contribution in [2.75, 3.05) is 31.1 Å². The molecule has 5 nitrogen and oxygen atoms in total. The maximum absolute atomic E-state index is 13.1. The normalized spacial score (nSPS) is 14.3. The monoisotopic (exact) mass is 393 g/mol. The summed E-state index contributed by atoms with van der Waals surface area (Å²) < 4.78 is 18.9. The molecule has 1 aromatic heterocycles. The molecule has 4 rings (SSSR count). The van der Waals surface area contributed by atoms with Gasteiger partial charge in [-0.2, -0.15) is 0 Å². The average molecular weight is 393 g/mol. The highest BCUT2D eigenvalue weighted by Crippen LogP contribution is 2.23. The van der Waals surface area contributed by atoms with Crippen LogP contribution in [0.2, 0.25) is 0 Å². The number of oxazole rings is 1. The van der Waals surface area contributed by atoms with Crippen LogP contribution in [-0.2, 0) is 11.2 Å². The van der Waals surface area contributed by atoms with Crippen molar-refractivity contribution in [2.24, 2.45) is 0 Å². The van der Waals surface area contributed by atoms with Crippen LogP contribution < -0.4 is 4.90 Å². The number of benzene rings is 2. The van der Waals surface area contributed by atoms with Crippen LogP contribution in [0.1, 0.15) is 17.0 Å². The Hall–Kier alpha value is -3.15. The van der Waals surface area contributed by atoms with E-state index in [1.165, 1.54) is 17.7 Å². The van der Waals surface area contributed by atoms with Crippen LogP contribution >= 0.6 is 0 Å². The Kier molecular flexibility index (Phi) is 5.34. The SMILES string of the molecule is Cc1ccc(-c2nc(CC(=O)N3CCN(c4ccc(F)cc4)CC3)c(C)o2)cc1. The number of rotatable bonds is 4. The molecule has 3 aromatic rings. The van der Waals surface area contributed by atoms with E-state index in [0.717, 1.165) is 24.3 Å². The number of hydrogen-bond donors (Lipinski definition) is 0. The molecule has 0 saturated carbocycles. The summed E-state index contributed by atoms with van der Waals surface area (Å²) in [5.41, 5.74) is 3.75. The number of aromatic nitrogens is 1. The molecule has 1 aliphatic heterocycles. The summed E-state index contributed by atoms with van der Waals surface area (Å²) in [6.07, 6.45) is 0.234. The third-order valence-electron chi connectivity index (χ3n) is 5.33. The molecule has 1 fully saturated rings. The topological polar surface area (TPSA) is 49.6 Å². The fourth-order valence-corrected chi connectivity index (χ4v) is 3.53. The Bertz CT molecular complexity index is 988. The predicted octanol–water partition coefficient (Wildman–Crippen LogP) is 3.99. The first-order chi connectivity index (χ1) is 14.0. The first-order valence-electron chi connectivity index (χ1n) is 9.81. The molecule has 150 valence electrons. The molecule has 0 N–H and O–H groups in total. The molecule has 6 heteroatoms. The number of hydrogen-bond acceptors (Lipinski definition) is 4. The van der Waals surface area contributed by atoms with Crippen LogP contribution in [0.4, 0.5) is 10.1 Å². The largest absolute Gasteiger partial charge is 0.441 e. The highest BCUT2D eigenvalue weighted by Gasteiger charge is 2.23. The first kappa shape index (κ1) is 19.2. The van der Waals surface area contributed by atoms with Crippen molar-refractivity contribution in [3.8, 4) is 11.5 Å². The molecule has 2 heterocycles. The van der Waals surface area contributed by atoms with Crippen LogP contribution in [0, 0.1) is 19.7 Å². The van der Waals surface area contributed by atoms with Gasteiger partial charge < -0.3 is 14.2 Å². The first-order valence-corrected chi connectivity index (χ1v) is 9.81. The summed E-state index contributed by atoms with van der Waals surface area (Å²) >= 11 is 0. The van der Waals surface area contributed by atoms with Crippen LogP contribution in [0.25, 0.3) is 11.5 Å². The molecule has 0 atom stereocenters. The van der Waals surface area contributed by atoms with Gasteiger partial charge in [0.1, 0.15) is 11.6 Å². The van der Waals surface area contributed by atoms with Crippen LogP contribution in [0.3, 0.4) is 0 Å². The molecular weight excluding hydrogens is 369 g/mol. The van der Waals surface area contributed by atoms with Gasteiger partial charge in [0.05, 0.1) is 12.1 Å². The molecule has 0 aliphatic carbocycles. The van der Waals surface area contributed by atoms with Crippen LogP contribution in [0.5, 0.6) is 0 Å². The van der Waals surface area contributed by atoms with E-state index in [4.69, 9.17) is 4.42 Å². The summed E-state index contributed by atoms with van der Waals surface area (Å²) in [4.78, 5) is 21.4. The van der Waals surface area contributed by atoms with Crippen molar-refractivity contribution < 1.29 is 13.6 Å². The fraction of sp³-hybridized carbons (Fsp3) is 0.304. The second-order valence-corrected chi connectivity index (χ2v) is 7.41. The minimum Gasteiger partial charge on any atom is -0.441 e. The zero-order valence-electron chi connectivity index (χ0n) is 16.7. The number of aryl methyl sites for hydroxylation is 2. The lowest BCUT2D eigenvalue weighted by Gasteiger charge is -2.36. The fourth-order valence-electron chi connectivity index (χ4n) is 3.53. The Labute approximate surface area is 169 Å². The maximum atomic E-state index is 13.1. The van der Waals surface area contributed by atoms with Gasteiger partial charge in [0.25, 0.3) is 0 Å². The van der Waals surface area contributed by atoms with Crippen LogP contribution in [-0.4, -0.2) is 42.0 Å². The second kappa shape index (κ2) is 8.07. The lowest BCUT2D eigenvalue weighted by molar-refractivity contribution is -0.130. The number of carbonyl (C=O) groups is 1. The minimum atomic E-state index is -0.240. The smallest absolute Gasteiger partial charge is 0.228 e. The van der Waals surface area contributed by atoms with E-state index in [-0.39, 0.29) is 18.1 Å². The molecule has 2 aromatic carbocycles. The van der Waals surface area contributed by atoms with Crippen molar-refractivity contribution in [3.05, 3.63) is 71.4 Å². The lowest BCUT2D eigenvalue weighted by Crippen LogP contribution is -2.49. The molecule has 1 saturated heterocycles. The number of amides is 1. The highest BCUT2D eigenvalue weighted by molar-refractivity contribution is 5.79. The number of carbonyl (C=O) groups excluding carboxylic acids is 1. The van der Waals surface area contributed by atoms with E-state index in [1.54, 1.807) is 12.1 Å². The second-order valence-electron chi connectivity index (χ2n) is 7.41. The molecule has 1 aliphatic rings.